The number of aliphatic hydroxyl groups excluding tert-OH is 1. The summed E-state index contributed by atoms with van der Waals surface area (Å²) in [7, 11) is 0. The molecule has 1 atom stereocenters. The van der Waals surface area contributed by atoms with Crippen LogP contribution in [0.3, 0.4) is 0 Å². The van der Waals surface area contributed by atoms with Gasteiger partial charge in [0.25, 0.3) is 0 Å². The van der Waals surface area contributed by atoms with Gasteiger partial charge in [-0.2, -0.15) is 0 Å². The van der Waals surface area contributed by atoms with Crippen LogP contribution in [-0.2, 0) is 6.54 Å². The highest BCUT2D eigenvalue weighted by Crippen LogP contribution is 2.28. The smallest absolute Gasteiger partial charge is 0.310 e. The predicted octanol–water partition coefficient (Wildman–Crippen LogP) is 2.24. The lowest BCUT2D eigenvalue weighted by Gasteiger charge is -2.20. The molecule has 20 heavy (non-hydrogen) atoms. The number of benzene rings is 1. The van der Waals surface area contributed by atoms with Gasteiger partial charge in [-0.05, 0) is 39.3 Å². The molecule has 0 fully saturated rings. The number of aliphatic hydroxyl groups is 1. The summed E-state index contributed by atoms with van der Waals surface area (Å²) >= 11 is 0. The van der Waals surface area contributed by atoms with Crippen LogP contribution in [0.5, 0.6) is 5.75 Å². The van der Waals surface area contributed by atoms with Crippen LogP contribution < -0.4 is 10.1 Å². The summed E-state index contributed by atoms with van der Waals surface area (Å²) in [6.07, 6.45) is -0.675. The normalized spacial score (nSPS) is 13.1. The molecule has 0 radical (unpaired) electrons. The summed E-state index contributed by atoms with van der Waals surface area (Å²) in [5.41, 5.74) is 0.763. The van der Waals surface area contributed by atoms with E-state index in [1.54, 1.807) is 19.1 Å². The zero-order valence-electron chi connectivity index (χ0n) is 12.3. The zero-order chi connectivity index (χ0) is 15.3. The Morgan fingerprint density at radius 2 is 2.10 bits per heavy atom. The molecule has 0 saturated heterocycles. The lowest BCUT2D eigenvalue weighted by atomic mass is 10.1. The van der Waals surface area contributed by atoms with Crippen molar-refractivity contribution in [3.63, 3.8) is 0 Å². The van der Waals surface area contributed by atoms with Gasteiger partial charge in [0.2, 0.25) is 0 Å². The molecule has 112 valence electrons. The van der Waals surface area contributed by atoms with Crippen molar-refractivity contribution < 1.29 is 14.8 Å². The van der Waals surface area contributed by atoms with Crippen LogP contribution in [0.4, 0.5) is 5.69 Å². The molecule has 1 aromatic rings. The molecule has 0 heterocycles. The molecule has 0 aliphatic rings. The van der Waals surface area contributed by atoms with Gasteiger partial charge in [-0.15, -0.1) is 0 Å². The van der Waals surface area contributed by atoms with Crippen LogP contribution in [0.15, 0.2) is 18.2 Å². The van der Waals surface area contributed by atoms with Crippen LogP contribution in [0.2, 0.25) is 0 Å². The van der Waals surface area contributed by atoms with E-state index in [1.807, 2.05) is 20.8 Å². The Kier molecular flexibility index (Phi) is 5.47. The van der Waals surface area contributed by atoms with Crippen LogP contribution in [-0.4, -0.2) is 28.3 Å². The van der Waals surface area contributed by atoms with Crippen molar-refractivity contribution in [1.29, 1.82) is 0 Å². The maximum Gasteiger partial charge on any atom is 0.310 e. The molecule has 1 rings (SSSR count). The minimum Gasteiger partial charge on any atom is -0.484 e. The molecule has 0 spiro atoms. The SMILES string of the molecule is CC(O)COc1cc(CNC(C)(C)C)ccc1[N+](=O)[O-]. The van der Waals surface area contributed by atoms with Gasteiger partial charge in [0, 0.05) is 18.2 Å². The Balaban J connectivity index is 2.89. The number of nitrogens with zero attached hydrogens (tertiary/aromatic N) is 1. The Bertz CT molecular complexity index is 467. The minimum absolute atomic E-state index is 0.0248. The van der Waals surface area contributed by atoms with Gasteiger partial charge in [0.05, 0.1) is 11.0 Å². The third-order valence-corrected chi connectivity index (χ3v) is 2.52. The third kappa shape index (κ3) is 5.54. The van der Waals surface area contributed by atoms with Crippen molar-refractivity contribution in [2.75, 3.05) is 6.61 Å². The molecule has 1 aromatic carbocycles. The van der Waals surface area contributed by atoms with Crippen molar-refractivity contribution >= 4 is 5.69 Å². The highest BCUT2D eigenvalue weighted by molar-refractivity contribution is 5.48. The van der Waals surface area contributed by atoms with E-state index >= 15 is 0 Å². The van der Waals surface area contributed by atoms with Gasteiger partial charge >= 0.3 is 5.69 Å². The van der Waals surface area contributed by atoms with Crippen LogP contribution >= 0.6 is 0 Å². The number of ether oxygens (including phenoxy) is 1. The number of nitro benzene ring substituents is 1. The van der Waals surface area contributed by atoms with Crippen LogP contribution in [0.1, 0.15) is 33.3 Å². The van der Waals surface area contributed by atoms with E-state index in [2.05, 4.69) is 5.32 Å². The minimum atomic E-state index is -0.675. The molecule has 0 aromatic heterocycles. The molecule has 6 nitrogen and oxygen atoms in total. The molecular formula is C14H22N2O4. The maximum absolute atomic E-state index is 10.9. The summed E-state index contributed by atoms with van der Waals surface area (Å²) in [6, 6.07) is 4.77. The van der Waals surface area contributed by atoms with E-state index in [0.717, 1.165) is 5.56 Å². The van der Waals surface area contributed by atoms with Crippen molar-refractivity contribution in [2.45, 2.75) is 45.9 Å². The number of nitrogens with one attached hydrogen (secondary N) is 1. The molecule has 0 aliphatic heterocycles. The standard InChI is InChI=1S/C14H22N2O4/c1-10(17)9-20-13-7-11(8-15-14(2,3)4)5-6-12(13)16(18)19/h5-7,10,15,17H,8-9H2,1-4H3. The van der Waals surface area contributed by atoms with Gasteiger partial charge in [-0.3, -0.25) is 10.1 Å². The first-order valence-corrected chi connectivity index (χ1v) is 6.52. The number of hydrogen-bond donors (Lipinski definition) is 2. The molecule has 2 N–H and O–H groups in total. The van der Waals surface area contributed by atoms with Gasteiger partial charge in [-0.1, -0.05) is 6.07 Å². The second-order valence-corrected chi connectivity index (χ2v) is 5.82. The second-order valence-electron chi connectivity index (χ2n) is 5.82. The van der Waals surface area contributed by atoms with Crippen molar-refractivity contribution in [2.24, 2.45) is 0 Å². The fraction of sp³-hybridized carbons (Fsp3) is 0.571. The summed E-state index contributed by atoms with van der Waals surface area (Å²) < 4.78 is 5.31. The predicted molar refractivity (Wildman–Crippen MR) is 76.9 cm³/mol. The maximum atomic E-state index is 10.9. The van der Waals surface area contributed by atoms with Gasteiger partial charge in [-0.25, -0.2) is 0 Å². The fourth-order valence-corrected chi connectivity index (χ4v) is 1.51. The average molecular weight is 282 g/mol. The highest BCUT2D eigenvalue weighted by Gasteiger charge is 2.17. The highest BCUT2D eigenvalue weighted by atomic mass is 16.6. The lowest BCUT2D eigenvalue weighted by Crippen LogP contribution is -2.35. The quantitative estimate of drug-likeness (QED) is 0.617. The molecular weight excluding hydrogens is 260 g/mol. The topological polar surface area (TPSA) is 84.6 Å². The van der Waals surface area contributed by atoms with Crippen LogP contribution in [0, 0.1) is 10.1 Å². The zero-order valence-corrected chi connectivity index (χ0v) is 12.3. The molecule has 0 saturated carbocycles. The van der Waals surface area contributed by atoms with Gasteiger partial charge < -0.3 is 15.2 Å². The van der Waals surface area contributed by atoms with E-state index in [9.17, 15) is 15.2 Å². The first-order chi connectivity index (χ1) is 9.19. The number of nitro groups is 1. The van der Waals surface area contributed by atoms with Crippen molar-refractivity contribution in [1.82, 2.24) is 5.32 Å². The van der Waals surface area contributed by atoms with Crippen molar-refractivity contribution in [3.8, 4) is 5.75 Å². The van der Waals surface area contributed by atoms with E-state index < -0.39 is 11.0 Å². The average Bonchev–Trinajstić information content (AvgIpc) is 2.32. The first-order valence-electron chi connectivity index (χ1n) is 6.52. The third-order valence-electron chi connectivity index (χ3n) is 2.52. The van der Waals surface area contributed by atoms with Gasteiger partial charge in [0.15, 0.2) is 5.75 Å². The summed E-state index contributed by atoms with van der Waals surface area (Å²) in [6.45, 7) is 8.32. The number of rotatable bonds is 6. The Morgan fingerprint density at radius 3 is 2.60 bits per heavy atom. The monoisotopic (exact) mass is 282 g/mol. The van der Waals surface area contributed by atoms with Gasteiger partial charge in [0.1, 0.15) is 6.61 Å². The number of hydrogen-bond acceptors (Lipinski definition) is 5. The van der Waals surface area contributed by atoms with E-state index in [0.29, 0.717) is 6.54 Å². The van der Waals surface area contributed by atoms with E-state index in [1.165, 1.54) is 6.07 Å². The summed E-state index contributed by atoms with van der Waals surface area (Å²) in [5, 5.41) is 23.5. The fourth-order valence-electron chi connectivity index (χ4n) is 1.51. The van der Waals surface area contributed by atoms with E-state index in [-0.39, 0.29) is 23.6 Å². The molecule has 0 amide bonds. The van der Waals surface area contributed by atoms with Crippen molar-refractivity contribution in [3.05, 3.63) is 33.9 Å². The second kappa shape index (κ2) is 6.67. The Hall–Kier alpha value is -1.66. The van der Waals surface area contributed by atoms with E-state index in [4.69, 9.17) is 4.74 Å². The first kappa shape index (κ1) is 16.4. The Morgan fingerprint density at radius 1 is 1.45 bits per heavy atom. The lowest BCUT2D eigenvalue weighted by molar-refractivity contribution is -0.385. The summed E-state index contributed by atoms with van der Waals surface area (Å²) in [4.78, 5) is 10.5. The van der Waals surface area contributed by atoms with Crippen LogP contribution in [0.25, 0.3) is 0 Å². The molecule has 0 aliphatic carbocycles. The summed E-state index contributed by atoms with van der Waals surface area (Å²) in [5.74, 6) is 0.184. The molecule has 6 heteroatoms. The molecule has 0 bridgehead atoms. The Labute approximate surface area is 118 Å². The molecule has 1 unspecified atom stereocenters. The largest absolute Gasteiger partial charge is 0.484 e.